The van der Waals surface area contributed by atoms with Crippen LogP contribution in [0.5, 0.6) is 17.5 Å². The molecule has 0 spiro atoms. The highest BCUT2D eigenvalue weighted by molar-refractivity contribution is 5.27. The summed E-state index contributed by atoms with van der Waals surface area (Å²) in [5.74, 6) is 0.812. The molecule has 0 aliphatic carbocycles. The Morgan fingerprint density at radius 2 is 1.70 bits per heavy atom. The molecule has 1 aromatic carbocycles. The molecular weight excluding hydrogens is 396 g/mol. The number of alkyl halides is 2. The van der Waals surface area contributed by atoms with Crippen molar-refractivity contribution in [3.63, 3.8) is 0 Å². The highest BCUT2D eigenvalue weighted by Gasteiger charge is 2.15. The van der Waals surface area contributed by atoms with Gasteiger partial charge in [-0.1, -0.05) is 24.3 Å². The van der Waals surface area contributed by atoms with Gasteiger partial charge in [-0.05, 0) is 11.1 Å². The molecule has 1 aliphatic heterocycles. The number of ether oxygens (including phenoxy) is 3. The van der Waals surface area contributed by atoms with Crippen molar-refractivity contribution in [2.75, 3.05) is 19.7 Å². The van der Waals surface area contributed by atoms with Crippen LogP contribution in [0.25, 0.3) is 0 Å². The van der Waals surface area contributed by atoms with Gasteiger partial charge >= 0.3 is 12.6 Å². The van der Waals surface area contributed by atoms with Crippen LogP contribution in [0.1, 0.15) is 23.1 Å². The number of rotatable bonds is 7. The molecule has 1 aliphatic rings. The van der Waals surface area contributed by atoms with E-state index in [0.29, 0.717) is 24.6 Å². The Balaban J connectivity index is 1.33. The van der Waals surface area contributed by atoms with Gasteiger partial charge in [-0.3, -0.25) is 0 Å². The van der Waals surface area contributed by atoms with Gasteiger partial charge in [0.2, 0.25) is 0 Å². The van der Waals surface area contributed by atoms with Gasteiger partial charge in [0.15, 0.2) is 11.5 Å². The summed E-state index contributed by atoms with van der Waals surface area (Å²) in [5, 5.41) is 3.32. The number of hydrogen-bond donors (Lipinski definition) is 1. The van der Waals surface area contributed by atoms with Gasteiger partial charge in [0, 0.05) is 19.5 Å². The normalized spacial score (nSPS) is 16.4. The van der Waals surface area contributed by atoms with Crippen molar-refractivity contribution in [3.8, 4) is 17.5 Å². The zero-order chi connectivity index (χ0) is 20.8. The van der Waals surface area contributed by atoms with Gasteiger partial charge in [0.05, 0.1) is 37.5 Å². The Kier molecular flexibility index (Phi) is 6.35. The fraction of sp³-hybridized carbons (Fsp3) is 0.300. The second kappa shape index (κ2) is 9.51. The van der Waals surface area contributed by atoms with Crippen molar-refractivity contribution < 1.29 is 23.0 Å². The van der Waals surface area contributed by atoms with Crippen LogP contribution in [0.2, 0.25) is 0 Å². The second-order valence-corrected chi connectivity index (χ2v) is 6.50. The lowest BCUT2D eigenvalue weighted by Crippen LogP contribution is -2.33. The summed E-state index contributed by atoms with van der Waals surface area (Å²) in [6.07, 6.45) is 5.86. The zero-order valence-electron chi connectivity index (χ0n) is 15.9. The summed E-state index contributed by atoms with van der Waals surface area (Å²) in [5.41, 5.74) is 2.22. The van der Waals surface area contributed by atoms with Crippen LogP contribution in [-0.2, 0) is 11.2 Å². The molecule has 10 heteroatoms. The molecule has 0 amide bonds. The molecule has 0 bridgehead atoms. The number of nitrogens with zero attached hydrogens (tertiary/aromatic N) is 4. The van der Waals surface area contributed by atoms with Crippen molar-refractivity contribution >= 4 is 0 Å². The Hall–Kier alpha value is -3.24. The summed E-state index contributed by atoms with van der Waals surface area (Å²) in [7, 11) is 0. The molecule has 1 atom stereocenters. The minimum absolute atomic E-state index is 0.0250. The van der Waals surface area contributed by atoms with Crippen LogP contribution < -0.4 is 14.8 Å². The number of benzene rings is 1. The van der Waals surface area contributed by atoms with Crippen LogP contribution >= 0.6 is 0 Å². The zero-order valence-corrected chi connectivity index (χ0v) is 15.9. The topological polar surface area (TPSA) is 91.3 Å². The summed E-state index contributed by atoms with van der Waals surface area (Å²) < 4.78 is 39.6. The van der Waals surface area contributed by atoms with Gasteiger partial charge in [0.25, 0.3) is 0 Å². The molecule has 4 rings (SSSR count). The molecule has 0 unspecified atom stereocenters. The van der Waals surface area contributed by atoms with E-state index in [1.165, 1.54) is 12.4 Å². The third kappa shape index (κ3) is 5.43. The molecule has 30 heavy (non-hydrogen) atoms. The lowest BCUT2D eigenvalue weighted by atomic mass is 10.0. The molecular formula is C20H19F2N5O3. The SMILES string of the molecule is FC(F)Oc1cnc(Oc2cnc(Cc3ccc([C@@H]4CNCCO4)cc3)nc2)nc1. The molecule has 8 nitrogen and oxygen atoms in total. The average molecular weight is 415 g/mol. The highest BCUT2D eigenvalue weighted by atomic mass is 19.3. The van der Waals surface area contributed by atoms with Gasteiger partial charge in [-0.25, -0.2) is 9.97 Å². The number of nitrogens with one attached hydrogen (secondary N) is 1. The van der Waals surface area contributed by atoms with E-state index in [9.17, 15) is 8.78 Å². The van der Waals surface area contributed by atoms with E-state index < -0.39 is 6.61 Å². The van der Waals surface area contributed by atoms with Crippen molar-refractivity contribution in [2.45, 2.75) is 19.1 Å². The summed E-state index contributed by atoms with van der Waals surface area (Å²) >= 11 is 0. The first-order chi connectivity index (χ1) is 14.7. The summed E-state index contributed by atoms with van der Waals surface area (Å²) in [6, 6.07) is 8.17. The third-order valence-corrected chi connectivity index (χ3v) is 4.36. The van der Waals surface area contributed by atoms with Gasteiger partial charge in [0.1, 0.15) is 5.82 Å². The maximum atomic E-state index is 12.1. The number of morpholine rings is 1. The smallest absolute Gasteiger partial charge is 0.387 e. The number of aromatic nitrogens is 4. The quantitative estimate of drug-likeness (QED) is 0.630. The molecule has 2 aromatic heterocycles. The maximum Gasteiger partial charge on any atom is 0.387 e. The van der Waals surface area contributed by atoms with E-state index >= 15 is 0 Å². The van der Waals surface area contributed by atoms with Crippen molar-refractivity contribution in [2.24, 2.45) is 0 Å². The molecule has 0 radical (unpaired) electrons. The Morgan fingerprint density at radius 1 is 1.00 bits per heavy atom. The second-order valence-electron chi connectivity index (χ2n) is 6.50. The predicted octanol–water partition coefficient (Wildman–Crippen LogP) is 2.91. The van der Waals surface area contributed by atoms with Gasteiger partial charge in [-0.15, -0.1) is 0 Å². The predicted molar refractivity (Wildman–Crippen MR) is 102 cm³/mol. The lowest BCUT2D eigenvalue weighted by Gasteiger charge is -2.24. The first kappa shape index (κ1) is 20.0. The van der Waals surface area contributed by atoms with Crippen LogP contribution in [0.15, 0.2) is 49.1 Å². The summed E-state index contributed by atoms with van der Waals surface area (Å²) in [4.78, 5) is 16.2. The van der Waals surface area contributed by atoms with Crippen molar-refractivity contribution in [1.29, 1.82) is 0 Å². The van der Waals surface area contributed by atoms with Gasteiger partial charge in [-0.2, -0.15) is 18.7 Å². The average Bonchev–Trinajstić information content (AvgIpc) is 2.77. The first-order valence-electron chi connectivity index (χ1n) is 9.32. The van der Waals surface area contributed by atoms with E-state index in [2.05, 4.69) is 42.1 Å². The molecule has 3 heterocycles. The lowest BCUT2D eigenvalue weighted by molar-refractivity contribution is -0.0503. The molecule has 3 aromatic rings. The fourth-order valence-corrected chi connectivity index (χ4v) is 2.93. The molecule has 1 fully saturated rings. The minimum atomic E-state index is -2.94. The molecule has 156 valence electrons. The van der Waals surface area contributed by atoms with Crippen LogP contribution in [0.3, 0.4) is 0 Å². The van der Waals surface area contributed by atoms with E-state index in [1.807, 2.05) is 12.1 Å². The molecule has 0 saturated carbocycles. The Labute approximate surface area is 171 Å². The molecule has 1 saturated heterocycles. The van der Waals surface area contributed by atoms with Crippen LogP contribution in [-0.4, -0.2) is 46.2 Å². The standard InChI is InChI=1S/C20H19F2N5O3/c21-19(22)29-15-10-26-20(27-11-15)30-16-8-24-18(25-9-16)7-13-1-3-14(4-2-13)17-12-23-5-6-28-17/h1-4,8-11,17,19,23H,5-7,12H2/t17-/m0/s1. The van der Waals surface area contributed by atoms with Crippen molar-refractivity contribution in [1.82, 2.24) is 25.3 Å². The van der Waals surface area contributed by atoms with E-state index in [0.717, 1.165) is 36.6 Å². The van der Waals surface area contributed by atoms with Crippen LogP contribution in [0.4, 0.5) is 8.78 Å². The van der Waals surface area contributed by atoms with Gasteiger partial charge < -0.3 is 19.5 Å². The first-order valence-corrected chi connectivity index (χ1v) is 9.32. The minimum Gasteiger partial charge on any atom is -0.432 e. The molecule has 1 N–H and O–H groups in total. The largest absolute Gasteiger partial charge is 0.432 e. The summed E-state index contributed by atoms with van der Waals surface area (Å²) in [6.45, 7) is -0.519. The van der Waals surface area contributed by atoms with E-state index in [4.69, 9.17) is 9.47 Å². The monoisotopic (exact) mass is 415 g/mol. The number of halogens is 2. The Bertz CT molecular complexity index is 934. The number of hydrogen-bond acceptors (Lipinski definition) is 8. The van der Waals surface area contributed by atoms with Crippen LogP contribution in [0, 0.1) is 0 Å². The maximum absolute atomic E-state index is 12.1. The highest BCUT2D eigenvalue weighted by Crippen LogP contribution is 2.21. The van der Waals surface area contributed by atoms with E-state index in [1.54, 1.807) is 0 Å². The Morgan fingerprint density at radius 3 is 2.33 bits per heavy atom. The van der Waals surface area contributed by atoms with E-state index in [-0.39, 0.29) is 17.9 Å². The third-order valence-electron chi connectivity index (χ3n) is 4.36. The fourth-order valence-electron chi connectivity index (χ4n) is 2.93. The van der Waals surface area contributed by atoms with Crippen molar-refractivity contribution in [3.05, 3.63) is 66.0 Å².